The standard InChI is InChI=1S/C15H18N2/c1-12-7-3-4-8-14(12)11-17-13(2)15-9-5-6-10-16-15/h3-10,13,17H,11H2,1-2H3/t13-/m0/s1. The van der Waals surface area contributed by atoms with E-state index >= 15 is 0 Å². The molecular formula is C15H18N2. The molecule has 1 N–H and O–H groups in total. The zero-order chi connectivity index (χ0) is 12.1. The number of aryl methyl sites for hydroxylation is 1. The molecule has 0 radical (unpaired) electrons. The molecule has 0 aliphatic carbocycles. The van der Waals surface area contributed by atoms with E-state index in [2.05, 4.69) is 54.5 Å². The van der Waals surface area contributed by atoms with E-state index in [0.717, 1.165) is 12.2 Å². The van der Waals surface area contributed by atoms with Crippen molar-refractivity contribution in [3.8, 4) is 0 Å². The van der Waals surface area contributed by atoms with Gasteiger partial charge in [0.2, 0.25) is 0 Å². The summed E-state index contributed by atoms with van der Waals surface area (Å²) in [4.78, 5) is 4.35. The molecule has 2 nitrogen and oxygen atoms in total. The predicted molar refractivity (Wildman–Crippen MR) is 70.7 cm³/mol. The van der Waals surface area contributed by atoms with Gasteiger partial charge in [-0.3, -0.25) is 4.98 Å². The molecule has 2 heteroatoms. The molecule has 88 valence electrons. The van der Waals surface area contributed by atoms with E-state index in [4.69, 9.17) is 0 Å². The fraction of sp³-hybridized carbons (Fsp3) is 0.267. The Balaban J connectivity index is 1.97. The van der Waals surface area contributed by atoms with Crippen LogP contribution in [0, 0.1) is 6.92 Å². The second-order valence-corrected chi connectivity index (χ2v) is 4.28. The zero-order valence-electron chi connectivity index (χ0n) is 10.4. The number of hydrogen-bond donors (Lipinski definition) is 1. The highest BCUT2D eigenvalue weighted by Crippen LogP contribution is 2.11. The van der Waals surface area contributed by atoms with Gasteiger partial charge in [-0.1, -0.05) is 30.3 Å². The van der Waals surface area contributed by atoms with Gasteiger partial charge in [-0.25, -0.2) is 0 Å². The van der Waals surface area contributed by atoms with Gasteiger partial charge in [0.15, 0.2) is 0 Å². The lowest BCUT2D eigenvalue weighted by Gasteiger charge is -2.14. The molecule has 2 rings (SSSR count). The third-order valence-corrected chi connectivity index (χ3v) is 2.99. The minimum absolute atomic E-state index is 0.274. The van der Waals surface area contributed by atoms with E-state index in [0.29, 0.717) is 0 Å². The molecule has 1 atom stereocenters. The molecule has 0 saturated heterocycles. The van der Waals surface area contributed by atoms with Crippen LogP contribution in [-0.2, 0) is 6.54 Å². The Labute approximate surface area is 103 Å². The predicted octanol–water partition coefficient (Wildman–Crippen LogP) is 3.24. The van der Waals surface area contributed by atoms with Crippen LogP contribution in [0.4, 0.5) is 0 Å². The van der Waals surface area contributed by atoms with Crippen molar-refractivity contribution >= 4 is 0 Å². The van der Waals surface area contributed by atoms with Gasteiger partial charge in [0.25, 0.3) is 0 Å². The van der Waals surface area contributed by atoms with Gasteiger partial charge in [-0.05, 0) is 37.1 Å². The summed E-state index contributed by atoms with van der Waals surface area (Å²) in [5.41, 5.74) is 3.75. The molecule has 0 spiro atoms. The fourth-order valence-electron chi connectivity index (χ4n) is 1.81. The Hall–Kier alpha value is -1.67. The van der Waals surface area contributed by atoms with Crippen LogP contribution >= 0.6 is 0 Å². The normalized spacial score (nSPS) is 12.4. The molecule has 0 bridgehead atoms. The lowest BCUT2D eigenvalue weighted by molar-refractivity contribution is 0.560. The van der Waals surface area contributed by atoms with Crippen molar-refractivity contribution in [3.05, 3.63) is 65.5 Å². The van der Waals surface area contributed by atoms with Crippen LogP contribution < -0.4 is 5.32 Å². The van der Waals surface area contributed by atoms with Crippen molar-refractivity contribution in [1.82, 2.24) is 10.3 Å². The molecule has 0 amide bonds. The second-order valence-electron chi connectivity index (χ2n) is 4.28. The molecule has 0 aliphatic rings. The van der Waals surface area contributed by atoms with Crippen molar-refractivity contribution in [2.45, 2.75) is 26.4 Å². The van der Waals surface area contributed by atoms with Crippen LogP contribution in [0.1, 0.15) is 29.8 Å². The van der Waals surface area contributed by atoms with Crippen molar-refractivity contribution in [2.75, 3.05) is 0 Å². The minimum atomic E-state index is 0.274. The molecule has 1 heterocycles. The topological polar surface area (TPSA) is 24.9 Å². The summed E-state index contributed by atoms with van der Waals surface area (Å²) in [7, 11) is 0. The highest BCUT2D eigenvalue weighted by molar-refractivity contribution is 5.25. The first kappa shape index (κ1) is 11.8. The van der Waals surface area contributed by atoms with E-state index in [1.807, 2.05) is 18.3 Å². The van der Waals surface area contributed by atoms with Crippen molar-refractivity contribution < 1.29 is 0 Å². The highest BCUT2D eigenvalue weighted by Gasteiger charge is 2.05. The molecule has 17 heavy (non-hydrogen) atoms. The third kappa shape index (κ3) is 3.14. The maximum atomic E-state index is 4.35. The second kappa shape index (κ2) is 5.60. The van der Waals surface area contributed by atoms with Gasteiger partial charge < -0.3 is 5.32 Å². The molecule has 1 aromatic carbocycles. The molecule has 0 saturated carbocycles. The molecule has 0 aliphatic heterocycles. The Morgan fingerprint density at radius 1 is 1.12 bits per heavy atom. The number of aromatic nitrogens is 1. The van der Waals surface area contributed by atoms with Crippen LogP contribution in [0.3, 0.4) is 0 Å². The van der Waals surface area contributed by atoms with E-state index in [9.17, 15) is 0 Å². The van der Waals surface area contributed by atoms with Crippen LogP contribution in [0.15, 0.2) is 48.7 Å². The SMILES string of the molecule is Cc1ccccc1CN[C@@H](C)c1ccccn1. The van der Waals surface area contributed by atoms with Gasteiger partial charge in [-0.15, -0.1) is 0 Å². The maximum absolute atomic E-state index is 4.35. The molecule has 2 aromatic rings. The lowest BCUT2D eigenvalue weighted by atomic mass is 10.1. The number of pyridine rings is 1. The highest BCUT2D eigenvalue weighted by atomic mass is 14.9. The van der Waals surface area contributed by atoms with Gasteiger partial charge in [0.1, 0.15) is 0 Å². The smallest absolute Gasteiger partial charge is 0.0570 e. The average molecular weight is 226 g/mol. The zero-order valence-corrected chi connectivity index (χ0v) is 10.4. The van der Waals surface area contributed by atoms with E-state index in [1.54, 1.807) is 0 Å². The van der Waals surface area contributed by atoms with Crippen molar-refractivity contribution in [2.24, 2.45) is 0 Å². The van der Waals surface area contributed by atoms with Gasteiger partial charge in [0.05, 0.1) is 5.69 Å². The number of rotatable bonds is 4. The number of nitrogens with zero attached hydrogens (tertiary/aromatic N) is 1. The first-order valence-corrected chi connectivity index (χ1v) is 5.96. The summed E-state index contributed by atoms with van der Waals surface area (Å²) in [6, 6.07) is 14.7. The molecule has 0 fully saturated rings. The Kier molecular flexibility index (Phi) is 3.89. The number of nitrogens with one attached hydrogen (secondary N) is 1. The minimum Gasteiger partial charge on any atom is -0.305 e. The monoisotopic (exact) mass is 226 g/mol. The largest absolute Gasteiger partial charge is 0.305 e. The summed E-state index contributed by atoms with van der Waals surface area (Å²) >= 11 is 0. The Morgan fingerprint density at radius 3 is 2.59 bits per heavy atom. The van der Waals surface area contributed by atoms with Gasteiger partial charge in [-0.2, -0.15) is 0 Å². The molecule has 0 unspecified atom stereocenters. The number of hydrogen-bond acceptors (Lipinski definition) is 2. The van der Waals surface area contributed by atoms with Gasteiger partial charge in [0, 0.05) is 18.8 Å². The van der Waals surface area contributed by atoms with Crippen molar-refractivity contribution in [3.63, 3.8) is 0 Å². The van der Waals surface area contributed by atoms with E-state index in [-0.39, 0.29) is 6.04 Å². The molecule has 1 aromatic heterocycles. The summed E-state index contributed by atoms with van der Waals surface area (Å²) in [6.45, 7) is 5.16. The van der Waals surface area contributed by atoms with Crippen LogP contribution in [0.5, 0.6) is 0 Å². The third-order valence-electron chi connectivity index (χ3n) is 2.99. The summed E-state index contributed by atoms with van der Waals surface area (Å²) < 4.78 is 0. The molecular weight excluding hydrogens is 208 g/mol. The number of benzene rings is 1. The maximum Gasteiger partial charge on any atom is 0.0570 e. The summed E-state index contributed by atoms with van der Waals surface area (Å²) in [5.74, 6) is 0. The first-order chi connectivity index (χ1) is 8.27. The van der Waals surface area contributed by atoms with Crippen molar-refractivity contribution in [1.29, 1.82) is 0 Å². The summed E-state index contributed by atoms with van der Waals surface area (Å²) in [6.07, 6.45) is 1.83. The Morgan fingerprint density at radius 2 is 1.88 bits per heavy atom. The first-order valence-electron chi connectivity index (χ1n) is 5.96. The summed E-state index contributed by atoms with van der Waals surface area (Å²) in [5, 5.41) is 3.49. The fourth-order valence-corrected chi connectivity index (χ4v) is 1.81. The quantitative estimate of drug-likeness (QED) is 0.865. The lowest BCUT2D eigenvalue weighted by Crippen LogP contribution is -2.19. The Bertz CT molecular complexity index is 465. The average Bonchev–Trinajstić information content (AvgIpc) is 2.38. The van der Waals surface area contributed by atoms with Crippen LogP contribution in [0.25, 0.3) is 0 Å². The van der Waals surface area contributed by atoms with E-state index in [1.165, 1.54) is 11.1 Å². The van der Waals surface area contributed by atoms with E-state index < -0.39 is 0 Å². The van der Waals surface area contributed by atoms with Crippen LogP contribution in [0.2, 0.25) is 0 Å². The van der Waals surface area contributed by atoms with Crippen LogP contribution in [-0.4, -0.2) is 4.98 Å². The van der Waals surface area contributed by atoms with Gasteiger partial charge >= 0.3 is 0 Å².